The molecule has 3 rings (SSSR count). The summed E-state index contributed by atoms with van der Waals surface area (Å²) in [6.07, 6.45) is 2.25. The molecule has 1 aliphatic heterocycles. The molecule has 8 heteroatoms. The van der Waals surface area contributed by atoms with Crippen LogP contribution in [-0.4, -0.2) is 52.1 Å². The second-order valence-corrected chi connectivity index (χ2v) is 8.80. The second kappa shape index (κ2) is 9.56. The smallest absolute Gasteiger partial charge is 0.269 e. The minimum absolute atomic E-state index is 0.114. The molecule has 1 unspecified atom stereocenters. The third-order valence-corrected chi connectivity index (χ3v) is 7.10. The number of hydrogen-bond donors (Lipinski definition) is 0. The number of ether oxygens (including phenoxy) is 1. The molecule has 0 saturated carbocycles. The Bertz CT molecular complexity index is 867. The first-order valence-electron chi connectivity index (χ1n) is 9.56. The predicted octanol–water partition coefficient (Wildman–Crippen LogP) is 3.57. The highest BCUT2D eigenvalue weighted by molar-refractivity contribution is 7.85. The topological polar surface area (TPSA) is 72.7 Å². The largest absolute Gasteiger partial charge is 0.377 e. The van der Waals surface area contributed by atoms with Crippen molar-refractivity contribution in [1.29, 1.82) is 0 Å². The van der Waals surface area contributed by atoms with Crippen molar-refractivity contribution in [2.45, 2.75) is 29.8 Å². The van der Waals surface area contributed by atoms with Gasteiger partial charge in [-0.05, 0) is 49.1 Å². The molecule has 1 fully saturated rings. The molecule has 0 amide bonds. The van der Waals surface area contributed by atoms with E-state index in [0.29, 0.717) is 10.6 Å². The summed E-state index contributed by atoms with van der Waals surface area (Å²) in [5.41, 5.74) is 0.601. The third-order valence-electron chi connectivity index (χ3n) is 5.51. The summed E-state index contributed by atoms with van der Waals surface area (Å²) >= 11 is 0. The van der Waals surface area contributed by atoms with E-state index >= 15 is 0 Å². The molecule has 1 atom stereocenters. The molecule has 2 aromatic rings. The predicted molar refractivity (Wildman–Crippen MR) is 110 cm³/mol. The van der Waals surface area contributed by atoms with Crippen LogP contribution in [0.1, 0.15) is 18.4 Å². The third kappa shape index (κ3) is 5.68. The van der Waals surface area contributed by atoms with Gasteiger partial charge in [-0.15, -0.1) is 0 Å². The summed E-state index contributed by atoms with van der Waals surface area (Å²) in [5.74, 6) is 0.0395. The first-order valence-corrected chi connectivity index (χ1v) is 10.9. The molecule has 156 valence electrons. The van der Waals surface area contributed by atoms with E-state index < -0.39 is 16.4 Å². The normalized spacial score (nSPS) is 17.7. The van der Waals surface area contributed by atoms with E-state index in [9.17, 15) is 18.7 Å². The molecule has 6 nitrogen and oxygen atoms in total. The molecule has 0 aromatic heterocycles. The van der Waals surface area contributed by atoms with Gasteiger partial charge in [0.25, 0.3) is 5.69 Å². The van der Waals surface area contributed by atoms with Crippen LogP contribution in [0.3, 0.4) is 0 Å². The van der Waals surface area contributed by atoms with E-state index in [-0.39, 0.29) is 16.4 Å². The van der Waals surface area contributed by atoms with Crippen molar-refractivity contribution in [3.63, 3.8) is 0 Å². The molecule has 1 heterocycles. The number of piperidine rings is 1. The van der Waals surface area contributed by atoms with Gasteiger partial charge in [0.1, 0.15) is 5.82 Å². The van der Waals surface area contributed by atoms with Crippen molar-refractivity contribution in [2.24, 2.45) is 0 Å². The van der Waals surface area contributed by atoms with Gasteiger partial charge in [0.15, 0.2) is 0 Å². The Morgan fingerprint density at radius 1 is 1.21 bits per heavy atom. The molecular weight excluding hydrogens is 395 g/mol. The zero-order valence-corrected chi connectivity index (χ0v) is 17.2. The Labute approximate surface area is 172 Å². The molecule has 1 aliphatic rings. The van der Waals surface area contributed by atoms with Gasteiger partial charge in [0.05, 0.1) is 27.1 Å². The zero-order valence-electron chi connectivity index (χ0n) is 16.4. The van der Waals surface area contributed by atoms with Crippen LogP contribution in [0.5, 0.6) is 0 Å². The average molecular weight is 421 g/mol. The van der Waals surface area contributed by atoms with E-state index in [1.807, 2.05) is 6.07 Å². The number of halogens is 1. The standard InChI is InChI=1S/C21H25FN2O4S/c1-28-21(16-29(27)20-7-5-18(22)6-8-20)10-13-23(14-11-21)12-9-17-3-2-4-19(15-17)24(25)26/h2-8,15H,9-14,16H2,1H3. The Kier molecular flexibility index (Phi) is 7.10. The number of benzene rings is 2. The monoisotopic (exact) mass is 420 g/mol. The van der Waals surface area contributed by atoms with Gasteiger partial charge in [-0.3, -0.25) is 14.3 Å². The summed E-state index contributed by atoms with van der Waals surface area (Å²) in [6, 6.07) is 12.5. The van der Waals surface area contributed by atoms with Crippen molar-refractivity contribution >= 4 is 16.5 Å². The fourth-order valence-electron chi connectivity index (χ4n) is 3.61. The van der Waals surface area contributed by atoms with Crippen LogP contribution in [0, 0.1) is 15.9 Å². The fourth-order valence-corrected chi connectivity index (χ4v) is 5.10. The number of nitrogens with zero attached hydrogens (tertiary/aromatic N) is 2. The molecule has 29 heavy (non-hydrogen) atoms. The van der Waals surface area contributed by atoms with Crippen molar-refractivity contribution in [3.05, 3.63) is 70.0 Å². The average Bonchev–Trinajstić information content (AvgIpc) is 2.74. The fraction of sp³-hybridized carbons (Fsp3) is 0.429. The Hall–Kier alpha value is -2.16. The highest BCUT2D eigenvalue weighted by Crippen LogP contribution is 2.28. The van der Waals surface area contributed by atoms with Crippen LogP contribution in [-0.2, 0) is 22.0 Å². The van der Waals surface area contributed by atoms with E-state index in [0.717, 1.165) is 44.5 Å². The molecule has 0 spiro atoms. The number of methoxy groups -OCH3 is 1. The Balaban J connectivity index is 1.53. The maximum Gasteiger partial charge on any atom is 0.269 e. The molecule has 0 N–H and O–H groups in total. The molecule has 0 bridgehead atoms. The first kappa shape index (κ1) is 21.5. The van der Waals surface area contributed by atoms with Crippen molar-refractivity contribution in [3.8, 4) is 0 Å². The van der Waals surface area contributed by atoms with Gasteiger partial charge in [-0.2, -0.15) is 0 Å². The van der Waals surface area contributed by atoms with Crippen LogP contribution in [0.2, 0.25) is 0 Å². The van der Waals surface area contributed by atoms with Crippen LogP contribution in [0.4, 0.5) is 10.1 Å². The van der Waals surface area contributed by atoms with Crippen molar-refractivity contribution in [2.75, 3.05) is 32.5 Å². The lowest BCUT2D eigenvalue weighted by Gasteiger charge is -2.40. The molecule has 0 radical (unpaired) electrons. The van der Waals surface area contributed by atoms with Gasteiger partial charge in [-0.1, -0.05) is 12.1 Å². The van der Waals surface area contributed by atoms with Crippen LogP contribution in [0.15, 0.2) is 53.4 Å². The van der Waals surface area contributed by atoms with Crippen molar-refractivity contribution < 1.29 is 18.3 Å². The van der Waals surface area contributed by atoms with Crippen LogP contribution >= 0.6 is 0 Å². The molecule has 1 saturated heterocycles. The number of non-ortho nitro benzene ring substituents is 1. The Morgan fingerprint density at radius 2 is 1.90 bits per heavy atom. The van der Waals surface area contributed by atoms with Gasteiger partial charge in [0.2, 0.25) is 0 Å². The van der Waals surface area contributed by atoms with E-state index in [2.05, 4.69) is 4.90 Å². The summed E-state index contributed by atoms with van der Waals surface area (Å²) in [4.78, 5) is 13.4. The first-order chi connectivity index (χ1) is 13.9. The molecule has 2 aromatic carbocycles. The highest BCUT2D eigenvalue weighted by Gasteiger charge is 2.36. The zero-order chi connectivity index (χ0) is 20.9. The van der Waals surface area contributed by atoms with Crippen molar-refractivity contribution in [1.82, 2.24) is 4.90 Å². The van der Waals surface area contributed by atoms with Gasteiger partial charge < -0.3 is 9.64 Å². The van der Waals surface area contributed by atoms with Gasteiger partial charge in [-0.25, -0.2) is 4.39 Å². The minimum Gasteiger partial charge on any atom is -0.377 e. The maximum atomic E-state index is 13.1. The Morgan fingerprint density at radius 3 is 2.52 bits per heavy atom. The molecular formula is C21H25FN2O4S. The summed E-state index contributed by atoms with van der Waals surface area (Å²) in [7, 11) is 0.399. The quantitative estimate of drug-likeness (QED) is 0.482. The second-order valence-electron chi connectivity index (χ2n) is 7.35. The van der Waals surface area contributed by atoms with Crippen LogP contribution < -0.4 is 0 Å². The van der Waals surface area contributed by atoms with Gasteiger partial charge in [0, 0.05) is 43.8 Å². The molecule has 0 aliphatic carbocycles. The number of nitro benzene ring substituents is 1. The SMILES string of the molecule is COC1(CS(=O)c2ccc(F)cc2)CCN(CCc2cccc([N+](=O)[O-])c2)CC1. The van der Waals surface area contributed by atoms with E-state index in [4.69, 9.17) is 4.74 Å². The van der Waals surface area contributed by atoms with Crippen LogP contribution in [0.25, 0.3) is 0 Å². The lowest BCUT2D eigenvalue weighted by atomic mass is 9.93. The highest BCUT2D eigenvalue weighted by atomic mass is 32.2. The number of hydrogen-bond acceptors (Lipinski definition) is 5. The number of rotatable bonds is 8. The van der Waals surface area contributed by atoms with E-state index in [1.165, 1.54) is 18.2 Å². The lowest BCUT2D eigenvalue weighted by Crippen LogP contribution is -2.49. The van der Waals surface area contributed by atoms with E-state index in [1.54, 1.807) is 31.4 Å². The summed E-state index contributed by atoms with van der Waals surface area (Å²) in [5, 5.41) is 10.9. The lowest BCUT2D eigenvalue weighted by molar-refractivity contribution is -0.384. The minimum atomic E-state index is -1.25. The summed E-state index contributed by atoms with van der Waals surface area (Å²) < 4.78 is 31.6. The van der Waals surface area contributed by atoms with Gasteiger partial charge >= 0.3 is 0 Å². The maximum absolute atomic E-state index is 13.1. The number of likely N-dealkylation sites (tertiary alicyclic amines) is 1. The summed E-state index contributed by atoms with van der Waals surface area (Å²) in [6.45, 7) is 2.43. The number of nitro groups is 1.